The highest BCUT2D eigenvalue weighted by molar-refractivity contribution is 5.85. The Bertz CT molecular complexity index is 327. The molecule has 5 nitrogen and oxygen atoms in total. The Morgan fingerprint density at radius 2 is 1.78 bits per heavy atom. The van der Waals surface area contributed by atoms with E-state index in [1.807, 2.05) is 0 Å². The highest BCUT2D eigenvalue weighted by atomic mass is 35.5. The lowest BCUT2D eigenvalue weighted by Gasteiger charge is -2.20. The predicted octanol–water partition coefficient (Wildman–Crippen LogP) is 2.20. The summed E-state index contributed by atoms with van der Waals surface area (Å²) >= 11 is 0. The molecule has 18 heavy (non-hydrogen) atoms. The minimum atomic E-state index is 0. The molecule has 6 heteroatoms. The van der Waals surface area contributed by atoms with Crippen LogP contribution >= 0.6 is 12.4 Å². The molecule has 0 radical (unpaired) electrons. The molecule has 1 unspecified atom stereocenters. The van der Waals surface area contributed by atoms with E-state index in [1.54, 1.807) is 0 Å². The third-order valence-electron chi connectivity index (χ3n) is 3.64. The van der Waals surface area contributed by atoms with Gasteiger partial charge in [-0.25, -0.2) is 0 Å². The van der Waals surface area contributed by atoms with Crippen molar-refractivity contribution in [1.29, 1.82) is 0 Å². The monoisotopic (exact) mass is 273 g/mol. The average molecular weight is 274 g/mol. The number of aromatic nitrogens is 2. The molecule has 1 aromatic rings. The first-order valence-corrected chi connectivity index (χ1v) is 6.58. The van der Waals surface area contributed by atoms with Crippen molar-refractivity contribution >= 4 is 12.4 Å². The summed E-state index contributed by atoms with van der Waals surface area (Å²) in [6.07, 6.45) is 5.60. The van der Waals surface area contributed by atoms with Crippen LogP contribution in [0.25, 0.3) is 0 Å². The molecule has 2 aliphatic heterocycles. The Balaban J connectivity index is 0.00000120. The van der Waals surface area contributed by atoms with Gasteiger partial charge < -0.3 is 14.5 Å². The van der Waals surface area contributed by atoms with E-state index >= 15 is 0 Å². The number of halogens is 1. The zero-order chi connectivity index (χ0) is 11.5. The predicted molar refractivity (Wildman–Crippen MR) is 68.9 cm³/mol. The van der Waals surface area contributed by atoms with Crippen LogP contribution in [0.1, 0.15) is 55.8 Å². The maximum Gasteiger partial charge on any atom is 0.233 e. The van der Waals surface area contributed by atoms with Crippen LogP contribution in [-0.2, 0) is 4.74 Å². The number of nitrogens with one attached hydrogen (secondary N) is 1. The standard InChI is InChI=1S/C12H19N3O2.ClH/c1-2-6-13-10(3-1)12-15-14-11(17-12)9-4-7-16-8-5-9;/h9-10,13H,1-8H2;1H. The smallest absolute Gasteiger partial charge is 0.233 e. The van der Waals surface area contributed by atoms with Gasteiger partial charge in [0.1, 0.15) is 0 Å². The van der Waals surface area contributed by atoms with E-state index in [0.29, 0.717) is 5.92 Å². The number of hydrogen-bond acceptors (Lipinski definition) is 5. The highest BCUT2D eigenvalue weighted by Crippen LogP contribution is 2.28. The van der Waals surface area contributed by atoms with Gasteiger partial charge in [0.15, 0.2) is 0 Å². The first-order chi connectivity index (χ1) is 8.43. The van der Waals surface area contributed by atoms with Gasteiger partial charge >= 0.3 is 0 Å². The van der Waals surface area contributed by atoms with Crippen molar-refractivity contribution in [3.05, 3.63) is 11.8 Å². The zero-order valence-corrected chi connectivity index (χ0v) is 11.2. The first kappa shape index (κ1) is 13.8. The van der Waals surface area contributed by atoms with E-state index in [4.69, 9.17) is 9.15 Å². The number of piperidine rings is 1. The number of ether oxygens (including phenoxy) is 1. The third-order valence-corrected chi connectivity index (χ3v) is 3.64. The van der Waals surface area contributed by atoms with Crippen molar-refractivity contribution in [2.45, 2.75) is 44.1 Å². The van der Waals surface area contributed by atoms with Crippen molar-refractivity contribution in [3.8, 4) is 0 Å². The second-order valence-corrected chi connectivity index (χ2v) is 4.87. The van der Waals surface area contributed by atoms with Crippen LogP contribution in [-0.4, -0.2) is 30.0 Å². The van der Waals surface area contributed by atoms with Crippen LogP contribution in [0.4, 0.5) is 0 Å². The van der Waals surface area contributed by atoms with Crippen LogP contribution in [0, 0.1) is 0 Å². The Labute approximate surface area is 113 Å². The Morgan fingerprint density at radius 3 is 2.50 bits per heavy atom. The summed E-state index contributed by atoms with van der Waals surface area (Å²) < 4.78 is 11.2. The Hall–Kier alpha value is -0.650. The molecule has 0 saturated carbocycles. The van der Waals surface area contributed by atoms with Gasteiger partial charge in [0.05, 0.1) is 6.04 Å². The van der Waals surface area contributed by atoms with Gasteiger partial charge in [-0.2, -0.15) is 0 Å². The SMILES string of the molecule is C1CCC(c2nnc(C3CCOCC3)o2)NC1.Cl. The lowest BCUT2D eigenvalue weighted by molar-refractivity contribution is 0.0789. The molecule has 2 fully saturated rings. The molecular formula is C12H20ClN3O2. The fraction of sp³-hybridized carbons (Fsp3) is 0.833. The summed E-state index contributed by atoms with van der Waals surface area (Å²) in [6, 6.07) is 0.268. The minimum absolute atomic E-state index is 0. The van der Waals surface area contributed by atoms with E-state index in [1.165, 1.54) is 12.8 Å². The topological polar surface area (TPSA) is 60.2 Å². The summed E-state index contributed by atoms with van der Waals surface area (Å²) in [5.41, 5.74) is 0. The fourth-order valence-corrected chi connectivity index (χ4v) is 2.56. The van der Waals surface area contributed by atoms with Crippen LogP contribution in [0.15, 0.2) is 4.42 Å². The average Bonchev–Trinajstić information content (AvgIpc) is 2.90. The van der Waals surface area contributed by atoms with E-state index in [2.05, 4.69) is 15.5 Å². The number of nitrogens with zero attached hydrogens (tertiary/aromatic N) is 2. The van der Waals surface area contributed by atoms with Crippen molar-refractivity contribution in [2.24, 2.45) is 0 Å². The molecule has 0 amide bonds. The molecule has 3 heterocycles. The second-order valence-electron chi connectivity index (χ2n) is 4.87. The van der Waals surface area contributed by atoms with Crippen molar-refractivity contribution in [3.63, 3.8) is 0 Å². The molecule has 0 aromatic carbocycles. The van der Waals surface area contributed by atoms with Crippen LogP contribution in [0.3, 0.4) is 0 Å². The molecule has 0 spiro atoms. The van der Waals surface area contributed by atoms with Gasteiger partial charge in [-0.15, -0.1) is 22.6 Å². The molecular weight excluding hydrogens is 254 g/mol. The van der Waals surface area contributed by atoms with Gasteiger partial charge in [-0.05, 0) is 32.2 Å². The third kappa shape index (κ3) is 3.02. The van der Waals surface area contributed by atoms with Crippen molar-refractivity contribution in [1.82, 2.24) is 15.5 Å². The molecule has 102 valence electrons. The maximum atomic E-state index is 5.82. The summed E-state index contributed by atoms with van der Waals surface area (Å²) in [7, 11) is 0. The Morgan fingerprint density at radius 1 is 1.00 bits per heavy atom. The van der Waals surface area contributed by atoms with Crippen LogP contribution in [0.2, 0.25) is 0 Å². The molecule has 2 aliphatic rings. The summed E-state index contributed by atoms with van der Waals surface area (Å²) in [5.74, 6) is 1.97. The molecule has 0 aliphatic carbocycles. The number of rotatable bonds is 2. The molecule has 1 N–H and O–H groups in total. The van der Waals surface area contributed by atoms with Gasteiger partial charge in [0.2, 0.25) is 11.8 Å². The molecule has 3 rings (SSSR count). The summed E-state index contributed by atoms with van der Waals surface area (Å²) in [6.45, 7) is 2.67. The summed E-state index contributed by atoms with van der Waals surface area (Å²) in [4.78, 5) is 0. The van der Waals surface area contributed by atoms with Crippen LogP contribution in [0.5, 0.6) is 0 Å². The quantitative estimate of drug-likeness (QED) is 0.895. The van der Waals surface area contributed by atoms with Gasteiger partial charge in [-0.1, -0.05) is 6.42 Å². The lowest BCUT2D eigenvalue weighted by atomic mass is 10.0. The minimum Gasteiger partial charge on any atom is -0.423 e. The highest BCUT2D eigenvalue weighted by Gasteiger charge is 2.25. The summed E-state index contributed by atoms with van der Waals surface area (Å²) in [5, 5.41) is 11.8. The first-order valence-electron chi connectivity index (χ1n) is 6.58. The van der Waals surface area contributed by atoms with Crippen molar-refractivity contribution in [2.75, 3.05) is 19.8 Å². The zero-order valence-electron chi connectivity index (χ0n) is 10.4. The van der Waals surface area contributed by atoms with Gasteiger partial charge in [0.25, 0.3) is 0 Å². The largest absolute Gasteiger partial charge is 0.423 e. The van der Waals surface area contributed by atoms with Crippen molar-refractivity contribution < 1.29 is 9.15 Å². The molecule has 1 aromatic heterocycles. The number of hydrogen-bond donors (Lipinski definition) is 1. The second kappa shape index (κ2) is 6.50. The van der Waals surface area contributed by atoms with E-state index in [-0.39, 0.29) is 18.4 Å². The van der Waals surface area contributed by atoms with Gasteiger partial charge in [-0.3, -0.25) is 0 Å². The fourth-order valence-electron chi connectivity index (χ4n) is 2.56. The van der Waals surface area contributed by atoms with Crippen LogP contribution < -0.4 is 5.32 Å². The van der Waals surface area contributed by atoms with E-state index in [0.717, 1.165) is 50.8 Å². The lowest BCUT2D eigenvalue weighted by Crippen LogP contribution is -2.26. The molecule has 1 atom stereocenters. The molecule has 0 bridgehead atoms. The Kier molecular flexibility index (Phi) is 4.97. The van der Waals surface area contributed by atoms with Gasteiger partial charge in [0, 0.05) is 19.1 Å². The van der Waals surface area contributed by atoms with E-state index in [9.17, 15) is 0 Å². The normalized spacial score (nSPS) is 25.7. The van der Waals surface area contributed by atoms with E-state index < -0.39 is 0 Å². The molecule has 2 saturated heterocycles. The maximum absolute atomic E-state index is 5.82.